The molecule has 1 N–H and O–H groups in total. The van der Waals surface area contributed by atoms with Crippen LogP contribution in [0.2, 0.25) is 5.02 Å². The van der Waals surface area contributed by atoms with Crippen LogP contribution < -0.4 is 5.32 Å². The zero-order chi connectivity index (χ0) is 13.8. The van der Waals surface area contributed by atoms with E-state index in [1.54, 1.807) is 12.4 Å². The van der Waals surface area contributed by atoms with Crippen LogP contribution in [0.25, 0.3) is 5.57 Å². The second kappa shape index (κ2) is 6.06. The molecule has 20 heavy (non-hydrogen) atoms. The van der Waals surface area contributed by atoms with Crippen molar-refractivity contribution in [1.82, 2.24) is 9.97 Å². The molecular formula is C16H16ClN3. The number of nitrogens with zero attached hydrogens (tertiary/aromatic N) is 2. The van der Waals surface area contributed by atoms with Gasteiger partial charge in [0.25, 0.3) is 0 Å². The summed E-state index contributed by atoms with van der Waals surface area (Å²) in [6.45, 7) is 0. The largest absolute Gasteiger partial charge is 0.351 e. The van der Waals surface area contributed by atoms with Gasteiger partial charge in [-0.05, 0) is 48.6 Å². The Morgan fingerprint density at radius 3 is 2.70 bits per heavy atom. The van der Waals surface area contributed by atoms with Gasteiger partial charge in [-0.25, -0.2) is 9.97 Å². The summed E-state index contributed by atoms with van der Waals surface area (Å²) < 4.78 is 0. The molecule has 0 saturated heterocycles. The minimum absolute atomic E-state index is 0.403. The lowest BCUT2D eigenvalue weighted by molar-refractivity contribution is 0.647. The number of halogens is 1. The molecule has 2 aromatic rings. The van der Waals surface area contributed by atoms with Crippen LogP contribution in [0.5, 0.6) is 0 Å². The SMILES string of the molecule is Clc1cccc(C2=CCC(Nc3ncccn3)CC2)c1. The topological polar surface area (TPSA) is 37.8 Å². The Labute approximate surface area is 123 Å². The Kier molecular flexibility index (Phi) is 3.97. The number of hydrogen-bond donors (Lipinski definition) is 1. The van der Waals surface area contributed by atoms with Gasteiger partial charge >= 0.3 is 0 Å². The van der Waals surface area contributed by atoms with Crippen LogP contribution in [-0.4, -0.2) is 16.0 Å². The van der Waals surface area contributed by atoms with Crippen LogP contribution >= 0.6 is 11.6 Å². The van der Waals surface area contributed by atoms with Crippen molar-refractivity contribution in [3.05, 3.63) is 59.4 Å². The molecule has 4 heteroatoms. The molecule has 0 saturated carbocycles. The smallest absolute Gasteiger partial charge is 0.222 e. The van der Waals surface area contributed by atoms with Gasteiger partial charge in [0.1, 0.15) is 0 Å². The maximum atomic E-state index is 6.04. The van der Waals surface area contributed by atoms with E-state index < -0.39 is 0 Å². The van der Waals surface area contributed by atoms with Gasteiger partial charge in [0, 0.05) is 23.5 Å². The van der Waals surface area contributed by atoms with E-state index in [4.69, 9.17) is 11.6 Å². The molecule has 0 amide bonds. The Morgan fingerprint density at radius 1 is 1.15 bits per heavy atom. The summed E-state index contributed by atoms with van der Waals surface area (Å²) in [4.78, 5) is 8.40. The van der Waals surface area contributed by atoms with E-state index in [-0.39, 0.29) is 0 Å². The first-order valence-electron chi connectivity index (χ1n) is 6.80. The maximum Gasteiger partial charge on any atom is 0.222 e. The first-order valence-corrected chi connectivity index (χ1v) is 7.17. The van der Waals surface area contributed by atoms with Gasteiger partial charge < -0.3 is 5.32 Å². The minimum Gasteiger partial charge on any atom is -0.351 e. The Bertz CT molecular complexity index is 610. The highest BCUT2D eigenvalue weighted by atomic mass is 35.5. The summed E-state index contributed by atoms with van der Waals surface area (Å²) in [5.41, 5.74) is 2.60. The van der Waals surface area contributed by atoms with Crippen molar-refractivity contribution in [2.24, 2.45) is 0 Å². The first kappa shape index (κ1) is 13.1. The molecule has 0 aliphatic heterocycles. The fourth-order valence-electron chi connectivity index (χ4n) is 2.47. The summed E-state index contributed by atoms with van der Waals surface area (Å²) in [5, 5.41) is 4.16. The normalized spacial score (nSPS) is 18.4. The monoisotopic (exact) mass is 285 g/mol. The van der Waals surface area contributed by atoms with Crippen LogP contribution in [0.1, 0.15) is 24.8 Å². The summed E-state index contributed by atoms with van der Waals surface area (Å²) in [6.07, 6.45) is 8.91. The number of benzene rings is 1. The Hall–Kier alpha value is -1.87. The van der Waals surface area contributed by atoms with Gasteiger partial charge in [-0.3, -0.25) is 0 Å². The molecule has 3 rings (SSSR count). The first-order chi connectivity index (χ1) is 9.81. The van der Waals surface area contributed by atoms with Crippen LogP contribution in [0.15, 0.2) is 48.8 Å². The zero-order valence-electron chi connectivity index (χ0n) is 11.1. The molecule has 0 radical (unpaired) electrons. The zero-order valence-corrected chi connectivity index (χ0v) is 11.8. The summed E-state index contributed by atoms with van der Waals surface area (Å²) in [7, 11) is 0. The third-order valence-electron chi connectivity index (χ3n) is 3.51. The van der Waals surface area contributed by atoms with Gasteiger partial charge in [0.2, 0.25) is 5.95 Å². The van der Waals surface area contributed by atoms with Crippen LogP contribution in [0, 0.1) is 0 Å². The van der Waals surface area contributed by atoms with Gasteiger partial charge in [-0.1, -0.05) is 29.8 Å². The third-order valence-corrected chi connectivity index (χ3v) is 3.74. The number of allylic oxidation sites excluding steroid dienone is 1. The van der Waals surface area contributed by atoms with Crippen LogP contribution in [0.3, 0.4) is 0 Å². The lowest BCUT2D eigenvalue weighted by Crippen LogP contribution is -2.22. The third kappa shape index (κ3) is 3.17. The predicted molar refractivity (Wildman–Crippen MR) is 82.7 cm³/mol. The van der Waals surface area contributed by atoms with E-state index in [9.17, 15) is 0 Å². The van der Waals surface area contributed by atoms with Gasteiger partial charge in [0.15, 0.2) is 0 Å². The number of aromatic nitrogens is 2. The molecule has 0 spiro atoms. The van der Waals surface area contributed by atoms with Crippen LogP contribution in [0.4, 0.5) is 5.95 Å². The van der Waals surface area contributed by atoms with E-state index in [0.29, 0.717) is 12.0 Å². The highest BCUT2D eigenvalue weighted by Gasteiger charge is 2.16. The average Bonchev–Trinajstić information content (AvgIpc) is 2.49. The summed E-state index contributed by atoms with van der Waals surface area (Å²) in [5.74, 6) is 0.706. The molecule has 1 aliphatic rings. The van der Waals surface area contributed by atoms with Crippen molar-refractivity contribution in [3.63, 3.8) is 0 Å². The van der Waals surface area contributed by atoms with Crippen molar-refractivity contribution in [2.75, 3.05) is 5.32 Å². The quantitative estimate of drug-likeness (QED) is 0.919. The highest BCUT2D eigenvalue weighted by molar-refractivity contribution is 6.30. The Balaban J connectivity index is 1.66. The number of rotatable bonds is 3. The van der Waals surface area contributed by atoms with Crippen molar-refractivity contribution in [2.45, 2.75) is 25.3 Å². The summed E-state index contributed by atoms with van der Waals surface area (Å²) in [6, 6.07) is 10.3. The van der Waals surface area contributed by atoms with E-state index in [0.717, 1.165) is 24.3 Å². The van der Waals surface area contributed by atoms with Crippen molar-refractivity contribution in [1.29, 1.82) is 0 Å². The van der Waals surface area contributed by atoms with E-state index in [2.05, 4.69) is 27.4 Å². The average molecular weight is 286 g/mol. The van der Waals surface area contributed by atoms with Crippen LogP contribution in [-0.2, 0) is 0 Å². The standard InChI is InChI=1S/C16H16ClN3/c17-14-4-1-3-13(11-14)12-5-7-15(8-6-12)20-16-18-9-2-10-19-16/h1-5,9-11,15H,6-8H2,(H,18,19,20). The molecule has 102 valence electrons. The fraction of sp³-hybridized carbons (Fsp3) is 0.250. The lowest BCUT2D eigenvalue weighted by atomic mass is 9.91. The van der Waals surface area contributed by atoms with Gasteiger partial charge in [-0.15, -0.1) is 0 Å². The molecule has 0 fully saturated rings. The molecule has 0 bridgehead atoms. The summed E-state index contributed by atoms with van der Waals surface area (Å²) >= 11 is 6.04. The molecule has 1 unspecified atom stereocenters. The van der Waals surface area contributed by atoms with Crippen molar-refractivity contribution in [3.8, 4) is 0 Å². The van der Waals surface area contributed by atoms with E-state index in [1.165, 1.54) is 11.1 Å². The van der Waals surface area contributed by atoms with Crippen molar-refractivity contribution < 1.29 is 0 Å². The number of nitrogens with one attached hydrogen (secondary N) is 1. The maximum absolute atomic E-state index is 6.04. The molecular weight excluding hydrogens is 270 g/mol. The molecule has 1 aliphatic carbocycles. The van der Waals surface area contributed by atoms with Crippen molar-refractivity contribution >= 4 is 23.1 Å². The molecule has 1 atom stereocenters. The van der Waals surface area contributed by atoms with E-state index >= 15 is 0 Å². The predicted octanol–water partition coefficient (Wildman–Crippen LogP) is 4.18. The molecule has 1 aromatic carbocycles. The van der Waals surface area contributed by atoms with E-state index in [1.807, 2.05) is 24.3 Å². The molecule has 1 heterocycles. The van der Waals surface area contributed by atoms with Gasteiger partial charge in [-0.2, -0.15) is 0 Å². The lowest BCUT2D eigenvalue weighted by Gasteiger charge is -2.23. The Morgan fingerprint density at radius 2 is 2.00 bits per heavy atom. The number of anilines is 1. The minimum atomic E-state index is 0.403. The molecule has 3 nitrogen and oxygen atoms in total. The second-order valence-electron chi connectivity index (χ2n) is 4.93. The second-order valence-corrected chi connectivity index (χ2v) is 5.36. The number of hydrogen-bond acceptors (Lipinski definition) is 3. The highest BCUT2D eigenvalue weighted by Crippen LogP contribution is 2.29. The molecule has 1 aromatic heterocycles. The fourth-order valence-corrected chi connectivity index (χ4v) is 2.66. The van der Waals surface area contributed by atoms with Gasteiger partial charge in [0.05, 0.1) is 0 Å².